The Labute approximate surface area is 147 Å². The Balaban J connectivity index is 1.54. The molecule has 132 valence electrons. The topological polar surface area (TPSA) is 64.5 Å². The first-order chi connectivity index (χ1) is 12.2. The minimum atomic E-state index is -0.0327. The lowest BCUT2D eigenvalue weighted by molar-refractivity contribution is -0.133. The van der Waals surface area contributed by atoms with Crippen LogP contribution >= 0.6 is 0 Å². The normalized spacial score (nSPS) is 17.2. The molecule has 0 saturated carbocycles. The van der Waals surface area contributed by atoms with Crippen LogP contribution in [-0.2, 0) is 11.2 Å². The largest absolute Gasteiger partial charge is 0.494 e. The lowest BCUT2D eigenvalue weighted by Gasteiger charge is -2.32. The number of hydrogen-bond acceptors (Lipinski definition) is 5. The van der Waals surface area contributed by atoms with Gasteiger partial charge in [0.2, 0.25) is 11.8 Å². The van der Waals surface area contributed by atoms with Gasteiger partial charge in [0.15, 0.2) is 0 Å². The maximum atomic E-state index is 12.6. The molecule has 0 radical (unpaired) electrons. The number of amides is 1. The number of ether oxygens (including phenoxy) is 2. The summed E-state index contributed by atoms with van der Waals surface area (Å²) < 4.78 is 11.3. The van der Waals surface area contributed by atoms with Gasteiger partial charge < -0.3 is 14.4 Å². The fourth-order valence-corrected chi connectivity index (χ4v) is 2.94. The molecule has 2 aromatic rings. The van der Waals surface area contributed by atoms with Crippen molar-refractivity contribution in [1.29, 1.82) is 0 Å². The molecule has 25 heavy (non-hydrogen) atoms. The lowest BCUT2D eigenvalue weighted by atomic mass is 10.1. The molecule has 1 aromatic carbocycles. The average Bonchev–Trinajstić information content (AvgIpc) is 2.65. The van der Waals surface area contributed by atoms with Crippen LogP contribution in [0.25, 0.3) is 0 Å². The Morgan fingerprint density at radius 1 is 1.28 bits per heavy atom. The molecule has 1 saturated heterocycles. The highest BCUT2D eigenvalue weighted by Crippen LogP contribution is 2.18. The Kier molecular flexibility index (Phi) is 5.82. The van der Waals surface area contributed by atoms with Gasteiger partial charge in [-0.05, 0) is 43.5 Å². The average molecular weight is 341 g/mol. The summed E-state index contributed by atoms with van der Waals surface area (Å²) in [7, 11) is 0. The molecule has 1 aliphatic heterocycles. The van der Waals surface area contributed by atoms with E-state index in [-0.39, 0.29) is 12.0 Å². The van der Waals surface area contributed by atoms with Crippen LogP contribution in [0.15, 0.2) is 42.6 Å². The summed E-state index contributed by atoms with van der Waals surface area (Å²) in [6.45, 7) is 3.95. The zero-order valence-electron chi connectivity index (χ0n) is 14.4. The van der Waals surface area contributed by atoms with Gasteiger partial charge in [-0.1, -0.05) is 12.1 Å². The van der Waals surface area contributed by atoms with E-state index in [1.54, 1.807) is 18.3 Å². The SMILES string of the molecule is CCOc1ccc(CC(=O)N2CCCC(Oc3cccnn3)C2)cc1. The maximum absolute atomic E-state index is 12.6. The minimum absolute atomic E-state index is 0.0327. The standard InChI is InChI=1S/C19H23N3O3/c1-2-24-16-9-7-15(8-10-16)13-19(23)22-12-4-5-17(14-22)25-18-6-3-11-20-21-18/h3,6-11,17H,2,4-5,12-14H2,1H3. The van der Waals surface area contributed by atoms with Crippen molar-refractivity contribution in [3.05, 3.63) is 48.2 Å². The number of carbonyl (C=O) groups excluding carboxylic acids is 1. The molecule has 3 rings (SSSR count). The van der Waals surface area contributed by atoms with E-state index in [1.165, 1.54) is 0 Å². The van der Waals surface area contributed by atoms with Gasteiger partial charge in [-0.25, -0.2) is 0 Å². The number of hydrogen-bond donors (Lipinski definition) is 0. The lowest BCUT2D eigenvalue weighted by Crippen LogP contribution is -2.45. The molecule has 1 unspecified atom stereocenters. The number of nitrogens with zero attached hydrogens (tertiary/aromatic N) is 3. The van der Waals surface area contributed by atoms with Crippen LogP contribution in [0.3, 0.4) is 0 Å². The molecule has 1 aliphatic rings. The van der Waals surface area contributed by atoms with Crippen molar-refractivity contribution in [3.63, 3.8) is 0 Å². The van der Waals surface area contributed by atoms with E-state index in [2.05, 4.69) is 10.2 Å². The predicted molar refractivity (Wildman–Crippen MR) is 93.6 cm³/mol. The van der Waals surface area contributed by atoms with Gasteiger partial charge in [0.25, 0.3) is 0 Å². The number of piperidine rings is 1. The summed E-state index contributed by atoms with van der Waals surface area (Å²) in [4.78, 5) is 14.5. The maximum Gasteiger partial charge on any atom is 0.233 e. The van der Waals surface area contributed by atoms with E-state index in [0.717, 1.165) is 30.7 Å². The monoisotopic (exact) mass is 341 g/mol. The van der Waals surface area contributed by atoms with Crippen LogP contribution in [0, 0.1) is 0 Å². The third-order valence-corrected chi connectivity index (χ3v) is 4.16. The Bertz CT molecular complexity index is 676. The Morgan fingerprint density at radius 3 is 2.84 bits per heavy atom. The molecule has 1 aromatic heterocycles. The van der Waals surface area contributed by atoms with Crippen molar-refractivity contribution in [2.75, 3.05) is 19.7 Å². The van der Waals surface area contributed by atoms with E-state index in [9.17, 15) is 4.79 Å². The second kappa shape index (κ2) is 8.46. The van der Waals surface area contributed by atoms with E-state index in [0.29, 0.717) is 25.5 Å². The molecule has 1 atom stereocenters. The van der Waals surface area contributed by atoms with Gasteiger partial charge in [0.1, 0.15) is 11.9 Å². The third kappa shape index (κ3) is 4.92. The first-order valence-electron chi connectivity index (χ1n) is 8.68. The summed E-state index contributed by atoms with van der Waals surface area (Å²) in [6.07, 6.45) is 3.82. The molecular formula is C19H23N3O3. The molecule has 0 bridgehead atoms. The number of likely N-dealkylation sites (tertiary alicyclic amines) is 1. The fraction of sp³-hybridized carbons (Fsp3) is 0.421. The highest BCUT2D eigenvalue weighted by molar-refractivity contribution is 5.79. The molecule has 0 aliphatic carbocycles. The zero-order valence-corrected chi connectivity index (χ0v) is 14.4. The second-order valence-electron chi connectivity index (χ2n) is 6.04. The van der Waals surface area contributed by atoms with Crippen LogP contribution in [-0.4, -0.2) is 46.8 Å². The van der Waals surface area contributed by atoms with E-state index < -0.39 is 0 Å². The van der Waals surface area contributed by atoms with Crippen LogP contribution in [0.2, 0.25) is 0 Å². The van der Waals surface area contributed by atoms with Gasteiger partial charge in [-0.15, -0.1) is 5.10 Å². The quantitative estimate of drug-likeness (QED) is 0.808. The van der Waals surface area contributed by atoms with Crippen molar-refractivity contribution in [1.82, 2.24) is 15.1 Å². The molecule has 6 heteroatoms. The van der Waals surface area contributed by atoms with Crippen LogP contribution in [0.5, 0.6) is 11.6 Å². The van der Waals surface area contributed by atoms with Crippen molar-refractivity contribution >= 4 is 5.91 Å². The van der Waals surface area contributed by atoms with E-state index >= 15 is 0 Å². The number of aromatic nitrogens is 2. The van der Waals surface area contributed by atoms with Crippen molar-refractivity contribution < 1.29 is 14.3 Å². The van der Waals surface area contributed by atoms with E-state index in [1.807, 2.05) is 36.1 Å². The Hall–Kier alpha value is -2.63. The van der Waals surface area contributed by atoms with Crippen molar-refractivity contribution in [3.8, 4) is 11.6 Å². The van der Waals surface area contributed by atoms with Crippen LogP contribution in [0.4, 0.5) is 0 Å². The summed E-state index contributed by atoms with van der Waals surface area (Å²) in [5.41, 5.74) is 0.991. The summed E-state index contributed by atoms with van der Waals surface area (Å²) in [6, 6.07) is 11.3. The molecule has 0 N–H and O–H groups in total. The number of rotatable bonds is 6. The molecule has 6 nitrogen and oxygen atoms in total. The highest BCUT2D eigenvalue weighted by atomic mass is 16.5. The third-order valence-electron chi connectivity index (χ3n) is 4.16. The minimum Gasteiger partial charge on any atom is -0.494 e. The van der Waals surface area contributed by atoms with Gasteiger partial charge in [-0.2, -0.15) is 5.10 Å². The second-order valence-corrected chi connectivity index (χ2v) is 6.04. The first kappa shape index (κ1) is 17.2. The molecule has 1 fully saturated rings. The molecular weight excluding hydrogens is 318 g/mol. The van der Waals surface area contributed by atoms with Crippen LogP contribution in [0.1, 0.15) is 25.3 Å². The molecule has 0 spiro atoms. The van der Waals surface area contributed by atoms with Crippen LogP contribution < -0.4 is 9.47 Å². The summed E-state index contributed by atoms with van der Waals surface area (Å²) in [5.74, 6) is 1.46. The van der Waals surface area contributed by atoms with Gasteiger partial charge in [0, 0.05) is 18.8 Å². The smallest absolute Gasteiger partial charge is 0.233 e. The molecule has 1 amide bonds. The highest BCUT2D eigenvalue weighted by Gasteiger charge is 2.25. The van der Waals surface area contributed by atoms with Gasteiger partial charge in [0.05, 0.1) is 19.6 Å². The number of benzene rings is 1. The summed E-state index contributed by atoms with van der Waals surface area (Å²) >= 11 is 0. The Morgan fingerprint density at radius 2 is 2.12 bits per heavy atom. The van der Waals surface area contributed by atoms with Gasteiger partial charge in [-0.3, -0.25) is 4.79 Å². The van der Waals surface area contributed by atoms with Gasteiger partial charge >= 0.3 is 0 Å². The molecule has 2 heterocycles. The fourth-order valence-electron chi connectivity index (χ4n) is 2.94. The number of carbonyl (C=O) groups is 1. The van der Waals surface area contributed by atoms with E-state index in [4.69, 9.17) is 9.47 Å². The first-order valence-corrected chi connectivity index (χ1v) is 8.68. The summed E-state index contributed by atoms with van der Waals surface area (Å²) in [5, 5.41) is 7.76. The predicted octanol–water partition coefficient (Wildman–Crippen LogP) is 2.49. The van der Waals surface area contributed by atoms with Crippen molar-refractivity contribution in [2.45, 2.75) is 32.3 Å². The van der Waals surface area contributed by atoms with Crippen molar-refractivity contribution in [2.24, 2.45) is 0 Å². The zero-order chi connectivity index (χ0) is 17.5.